The molecule has 0 N–H and O–H groups in total. The normalized spacial score (nSPS) is 17.5. The van der Waals surface area contributed by atoms with Crippen molar-refractivity contribution in [3.63, 3.8) is 0 Å². The van der Waals surface area contributed by atoms with Gasteiger partial charge in [-0.2, -0.15) is 0 Å². The zero-order valence-corrected chi connectivity index (χ0v) is 33.1. The number of hydrogen-bond donors (Lipinski definition) is 0. The van der Waals surface area contributed by atoms with Crippen LogP contribution < -0.4 is 0 Å². The summed E-state index contributed by atoms with van der Waals surface area (Å²) in [5, 5.41) is 8.80. The van der Waals surface area contributed by atoms with Crippen LogP contribution in [0.1, 0.15) is 0 Å². The molecule has 14 heteroatoms. The van der Waals surface area contributed by atoms with Crippen LogP contribution in [0.2, 0.25) is 0 Å². The first kappa shape index (κ1) is 29.2. The zero-order valence-electron chi connectivity index (χ0n) is 21.6. The molecule has 10 heterocycles. The minimum atomic E-state index is 1.38. The van der Waals surface area contributed by atoms with Crippen LogP contribution in [-0.4, -0.2) is 0 Å². The second-order valence-electron chi connectivity index (χ2n) is 9.29. The Morgan fingerprint density at radius 2 is 0.545 bits per heavy atom. The van der Waals surface area contributed by atoms with Gasteiger partial charge in [-0.05, 0) is 45.8 Å². The van der Waals surface area contributed by atoms with Gasteiger partial charge in [-0.25, -0.2) is 0 Å². The molecule has 0 saturated heterocycles. The Morgan fingerprint density at radius 1 is 0.295 bits per heavy atom. The molecule has 4 aliphatic heterocycles. The monoisotopic (exact) mass is 820 g/mol. The Hall–Kier alpha value is 0.220. The second kappa shape index (κ2) is 12.0. The van der Waals surface area contributed by atoms with Crippen LogP contribution in [0.25, 0.3) is 39.0 Å². The summed E-state index contributed by atoms with van der Waals surface area (Å²) in [4.78, 5) is 17.0. The number of thioether (sulfide) groups is 8. The van der Waals surface area contributed by atoms with Gasteiger partial charge in [0.15, 0.2) is 0 Å². The van der Waals surface area contributed by atoms with Crippen LogP contribution in [0.3, 0.4) is 0 Å². The summed E-state index contributed by atoms with van der Waals surface area (Å²) in [6.45, 7) is 0. The fourth-order valence-corrected chi connectivity index (χ4v) is 24.1. The van der Waals surface area contributed by atoms with E-state index < -0.39 is 0 Å². The van der Waals surface area contributed by atoms with Crippen LogP contribution in [0.15, 0.2) is 115 Å². The smallest absolute Gasteiger partial charge is 0.0718 e. The van der Waals surface area contributed by atoms with Gasteiger partial charge in [0.1, 0.15) is 0 Å². The van der Waals surface area contributed by atoms with E-state index in [0.717, 1.165) is 0 Å². The maximum atomic E-state index is 2.28. The van der Waals surface area contributed by atoms with Gasteiger partial charge < -0.3 is 0 Å². The van der Waals surface area contributed by atoms with Crippen LogP contribution in [0.5, 0.6) is 0 Å². The number of fused-ring (bicyclic) bond motifs is 2. The van der Waals surface area contributed by atoms with Crippen LogP contribution >= 0.6 is 162 Å². The van der Waals surface area contributed by atoms with E-state index in [0.29, 0.717) is 0 Å². The summed E-state index contributed by atoms with van der Waals surface area (Å²) in [7, 11) is 0. The molecule has 4 aliphatic rings. The Balaban J connectivity index is 0.955. The Morgan fingerprint density at radius 3 is 0.773 bits per heavy atom. The van der Waals surface area contributed by atoms with E-state index in [4.69, 9.17) is 0 Å². The van der Waals surface area contributed by atoms with Crippen molar-refractivity contribution in [2.75, 3.05) is 0 Å². The van der Waals surface area contributed by atoms with Crippen molar-refractivity contribution in [3.8, 4) is 39.0 Å². The topological polar surface area (TPSA) is 0 Å². The first-order valence-corrected chi connectivity index (χ1v) is 24.6. The highest BCUT2D eigenvalue weighted by molar-refractivity contribution is 8.45. The minimum absolute atomic E-state index is 1.38. The lowest BCUT2D eigenvalue weighted by atomic mass is 10.3. The van der Waals surface area contributed by atoms with Crippen LogP contribution in [0.4, 0.5) is 0 Å². The molecule has 0 amide bonds. The lowest BCUT2D eigenvalue weighted by Gasteiger charge is -2.14. The van der Waals surface area contributed by atoms with E-state index in [1.165, 1.54) is 84.0 Å². The molecule has 0 atom stereocenters. The molecular formula is C30H12S14. The molecule has 0 saturated carbocycles. The van der Waals surface area contributed by atoms with Crippen molar-refractivity contribution >= 4 is 162 Å². The van der Waals surface area contributed by atoms with Crippen molar-refractivity contribution in [1.29, 1.82) is 0 Å². The molecule has 0 bridgehead atoms. The predicted molar refractivity (Wildman–Crippen MR) is 217 cm³/mol. The lowest BCUT2D eigenvalue weighted by Crippen LogP contribution is -1.84. The van der Waals surface area contributed by atoms with Gasteiger partial charge in [0.05, 0.1) is 44.9 Å². The molecule has 0 radical (unpaired) electrons. The highest BCUT2D eigenvalue weighted by Gasteiger charge is 2.39. The van der Waals surface area contributed by atoms with Crippen molar-refractivity contribution < 1.29 is 0 Å². The third-order valence-electron chi connectivity index (χ3n) is 6.65. The maximum Gasteiger partial charge on any atom is 0.0718 e. The molecule has 44 heavy (non-hydrogen) atoms. The molecule has 0 unspecified atom stereocenters. The third kappa shape index (κ3) is 4.96. The molecule has 10 rings (SSSR count). The average Bonchev–Trinajstić information content (AvgIpc) is 3.87. The van der Waals surface area contributed by atoms with Gasteiger partial charge >= 0.3 is 0 Å². The van der Waals surface area contributed by atoms with Crippen molar-refractivity contribution in [2.45, 2.75) is 19.6 Å². The van der Waals surface area contributed by atoms with E-state index >= 15 is 0 Å². The summed E-state index contributed by atoms with van der Waals surface area (Å²) in [5.74, 6) is 0. The standard InChI is InChI=1S/C30H12S14/c1-5-13(31-9-1)17-21-22(18(35-17)14-6-2-10-32-14)38-26-25(37-21)41-29(42-26)30-43-27-28(44-30)40-24-20(16-8-4-12-34-16)36-19(23(24)39-27)15-7-3-11-33-15/h1-12H. The summed E-state index contributed by atoms with van der Waals surface area (Å²) in [6.07, 6.45) is 0. The Labute approximate surface area is 312 Å². The summed E-state index contributed by atoms with van der Waals surface area (Å²) >= 11 is 27.3. The van der Waals surface area contributed by atoms with E-state index in [1.807, 2.05) is 162 Å². The van der Waals surface area contributed by atoms with Gasteiger partial charge in [-0.3, -0.25) is 0 Å². The van der Waals surface area contributed by atoms with Crippen molar-refractivity contribution in [1.82, 2.24) is 0 Å². The maximum absolute atomic E-state index is 2.28. The zero-order chi connectivity index (χ0) is 28.8. The number of rotatable bonds is 4. The quantitative estimate of drug-likeness (QED) is 0.170. The van der Waals surface area contributed by atoms with E-state index in [9.17, 15) is 0 Å². The molecule has 216 valence electrons. The minimum Gasteiger partial charge on any atom is -0.143 e. The summed E-state index contributed by atoms with van der Waals surface area (Å²) in [6, 6.07) is 17.8. The SMILES string of the molecule is c1csc(-c2sc(-c3cccs3)c3c2SC2=C(SC(=C4SC5=C(S4)Sc4c(-c6cccs6)sc(-c6cccs6)c4S5)S2)S3)c1. The second-order valence-corrected chi connectivity index (χ2v) is 24.8. The fourth-order valence-electron chi connectivity index (χ4n) is 4.79. The van der Waals surface area contributed by atoms with Gasteiger partial charge in [0, 0.05) is 39.1 Å². The largest absolute Gasteiger partial charge is 0.143 e. The van der Waals surface area contributed by atoms with E-state index in [1.54, 1.807) is 0 Å². The average molecular weight is 821 g/mol. The van der Waals surface area contributed by atoms with E-state index in [-0.39, 0.29) is 0 Å². The van der Waals surface area contributed by atoms with Crippen LogP contribution in [0, 0.1) is 0 Å². The van der Waals surface area contributed by atoms with Gasteiger partial charge in [0.2, 0.25) is 0 Å². The Bertz CT molecular complexity index is 1850. The molecule has 6 aromatic rings. The van der Waals surface area contributed by atoms with Gasteiger partial charge in [-0.15, -0.1) is 68.0 Å². The molecule has 0 spiro atoms. The summed E-state index contributed by atoms with van der Waals surface area (Å²) in [5.41, 5.74) is 0. The first-order valence-electron chi connectivity index (χ1n) is 12.9. The van der Waals surface area contributed by atoms with Crippen molar-refractivity contribution in [3.05, 3.63) is 95.5 Å². The number of hydrogen-bond acceptors (Lipinski definition) is 14. The molecule has 6 aromatic heterocycles. The fraction of sp³-hybridized carbons (Fsp3) is 0. The summed E-state index contributed by atoms with van der Waals surface area (Å²) < 4.78 is 8.71. The highest BCUT2D eigenvalue weighted by Crippen LogP contribution is 2.74. The van der Waals surface area contributed by atoms with Crippen LogP contribution in [-0.2, 0) is 0 Å². The Kier molecular flexibility index (Phi) is 7.93. The van der Waals surface area contributed by atoms with Gasteiger partial charge in [-0.1, -0.05) is 118 Å². The van der Waals surface area contributed by atoms with E-state index in [2.05, 4.69) is 70.1 Å². The lowest BCUT2D eigenvalue weighted by molar-refractivity contribution is 1.35. The molecular weight excluding hydrogens is 809 g/mol. The molecule has 0 nitrogen and oxygen atoms in total. The molecule has 0 fully saturated rings. The molecule has 0 aromatic carbocycles. The van der Waals surface area contributed by atoms with Crippen molar-refractivity contribution in [2.24, 2.45) is 0 Å². The molecule has 0 aliphatic carbocycles. The third-order valence-corrected chi connectivity index (χ3v) is 25.7. The highest BCUT2D eigenvalue weighted by atomic mass is 32.3. The number of thiophene rings is 6. The van der Waals surface area contributed by atoms with Gasteiger partial charge in [0.25, 0.3) is 0 Å². The predicted octanol–water partition coefficient (Wildman–Crippen LogP) is 16.2. The first-order chi connectivity index (χ1) is 21.8.